The summed E-state index contributed by atoms with van der Waals surface area (Å²) in [5.74, 6) is 1.73. The average molecular weight is 383 g/mol. The van der Waals surface area contributed by atoms with Crippen LogP contribution in [0.4, 0.5) is 5.69 Å². The van der Waals surface area contributed by atoms with Gasteiger partial charge < -0.3 is 10.6 Å². The number of hydrogen-bond donors (Lipinski definition) is 2. The summed E-state index contributed by atoms with van der Waals surface area (Å²) in [6.45, 7) is 8.28. The first kappa shape index (κ1) is 19.5. The fraction of sp³-hybridized carbons (Fsp3) is 0.667. The van der Waals surface area contributed by atoms with Crippen LogP contribution >= 0.6 is 0 Å². The fourth-order valence-corrected chi connectivity index (χ4v) is 6.64. The number of nitrogens with one attached hydrogen (secondary N) is 2. The number of hydrogen-bond acceptors (Lipinski definition) is 2. The molecule has 1 aromatic carbocycles. The Bertz CT molecular complexity index is 748. The lowest BCUT2D eigenvalue weighted by molar-refractivity contribution is -0.138. The summed E-state index contributed by atoms with van der Waals surface area (Å²) in [5, 5.41) is 5.96. The summed E-state index contributed by atoms with van der Waals surface area (Å²) in [6.07, 6.45) is 7.80. The van der Waals surface area contributed by atoms with E-state index < -0.39 is 11.8 Å². The number of anilines is 1. The van der Waals surface area contributed by atoms with E-state index in [0.717, 1.165) is 34.6 Å². The lowest BCUT2D eigenvalue weighted by atomic mass is 9.48. The first-order valence-corrected chi connectivity index (χ1v) is 11.0. The molecule has 0 spiro atoms. The highest BCUT2D eigenvalue weighted by atomic mass is 16.2. The van der Waals surface area contributed by atoms with E-state index in [1.54, 1.807) is 0 Å². The molecule has 2 amide bonds. The van der Waals surface area contributed by atoms with Crippen LogP contribution < -0.4 is 10.6 Å². The lowest BCUT2D eigenvalue weighted by Gasteiger charge is -2.59. The van der Waals surface area contributed by atoms with E-state index in [0.29, 0.717) is 0 Å². The highest BCUT2D eigenvalue weighted by Crippen LogP contribution is 2.61. The van der Waals surface area contributed by atoms with Gasteiger partial charge in [0.05, 0.1) is 0 Å². The predicted molar refractivity (Wildman–Crippen MR) is 112 cm³/mol. The third kappa shape index (κ3) is 3.46. The highest BCUT2D eigenvalue weighted by molar-refractivity contribution is 6.39. The van der Waals surface area contributed by atoms with Crippen LogP contribution in [0.25, 0.3) is 0 Å². The molecule has 0 aromatic heterocycles. The summed E-state index contributed by atoms with van der Waals surface area (Å²) < 4.78 is 0. The van der Waals surface area contributed by atoms with Crippen molar-refractivity contribution < 1.29 is 9.59 Å². The van der Waals surface area contributed by atoms with Crippen molar-refractivity contribution in [1.82, 2.24) is 5.32 Å². The van der Waals surface area contributed by atoms with Crippen molar-refractivity contribution in [3.63, 3.8) is 0 Å². The fourth-order valence-electron chi connectivity index (χ4n) is 6.64. The monoisotopic (exact) mass is 382 g/mol. The van der Waals surface area contributed by atoms with E-state index in [1.807, 2.05) is 25.1 Å². The first-order chi connectivity index (χ1) is 13.3. The van der Waals surface area contributed by atoms with Gasteiger partial charge in [-0.2, -0.15) is 0 Å². The van der Waals surface area contributed by atoms with E-state index >= 15 is 0 Å². The molecule has 4 heteroatoms. The molecule has 1 atom stereocenters. The number of rotatable bonds is 4. The molecule has 4 nitrogen and oxygen atoms in total. The van der Waals surface area contributed by atoms with Crippen molar-refractivity contribution in [3.05, 3.63) is 29.3 Å². The van der Waals surface area contributed by atoms with Gasteiger partial charge in [-0.1, -0.05) is 32.0 Å². The molecule has 4 aliphatic carbocycles. The van der Waals surface area contributed by atoms with Crippen LogP contribution in [0.2, 0.25) is 0 Å². The zero-order valence-corrected chi connectivity index (χ0v) is 17.7. The second-order valence-corrected chi connectivity index (χ2v) is 10.1. The Hall–Kier alpha value is -1.84. The van der Waals surface area contributed by atoms with Gasteiger partial charge in [0, 0.05) is 11.7 Å². The molecule has 4 bridgehead atoms. The minimum Gasteiger partial charge on any atom is -0.345 e. The largest absolute Gasteiger partial charge is 0.345 e. The van der Waals surface area contributed by atoms with Crippen LogP contribution in [0, 0.1) is 30.1 Å². The number of carbonyl (C=O) groups is 2. The smallest absolute Gasteiger partial charge is 0.313 e. The Kier molecular flexibility index (Phi) is 5.01. The molecule has 1 unspecified atom stereocenters. The van der Waals surface area contributed by atoms with Crippen LogP contribution in [0.1, 0.15) is 76.3 Å². The van der Waals surface area contributed by atoms with Crippen molar-refractivity contribution in [2.75, 3.05) is 5.32 Å². The van der Waals surface area contributed by atoms with Gasteiger partial charge in [-0.15, -0.1) is 0 Å². The Labute approximate surface area is 168 Å². The number of benzene rings is 1. The Balaban J connectivity index is 1.44. The van der Waals surface area contributed by atoms with Crippen LogP contribution in [0.3, 0.4) is 0 Å². The molecule has 1 aromatic rings. The Morgan fingerprint density at radius 1 is 0.964 bits per heavy atom. The Morgan fingerprint density at radius 3 is 2.07 bits per heavy atom. The molecular weight excluding hydrogens is 348 g/mol. The van der Waals surface area contributed by atoms with E-state index in [2.05, 4.69) is 31.4 Å². The van der Waals surface area contributed by atoms with Gasteiger partial charge in [0.2, 0.25) is 0 Å². The van der Waals surface area contributed by atoms with Gasteiger partial charge in [0.15, 0.2) is 0 Å². The van der Waals surface area contributed by atoms with Crippen molar-refractivity contribution in [1.29, 1.82) is 0 Å². The number of carbonyl (C=O) groups excluding carboxylic acids is 2. The molecule has 2 N–H and O–H groups in total. The van der Waals surface area contributed by atoms with Crippen molar-refractivity contribution >= 4 is 17.5 Å². The minimum atomic E-state index is -0.548. The second-order valence-electron chi connectivity index (χ2n) is 10.1. The summed E-state index contributed by atoms with van der Waals surface area (Å²) in [6, 6.07) is 6.04. The Morgan fingerprint density at radius 2 is 1.54 bits per heavy atom. The van der Waals surface area contributed by atoms with Crippen molar-refractivity contribution in [2.24, 2.45) is 23.2 Å². The third-order valence-corrected chi connectivity index (χ3v) is 7.72. The lowest BCUT2D eigenvalue weighted by Crippen LogP contribution is -2.57. The van der Waals surface area contributed by atoms with E-state index in [1.165, 1.54) is 38.5 Å². The summed E-state index contributed by atoms with van der Waals surface area (Å²) >= 11 is 0. The topological polar surface area (TPSA) is 58.2 Å². The molecule has 0 saturated heterocycles. The normalized spacial score (nSPS) is 31.7. The van der Waals surface area contributed by atoms with Crippen molar-refractivity contribution in [3.8, 4) is 0 Å². The zero-order chi connectivity index (χ0) is 20.1. The SMILES string of the molecule is Cc1cccc(C(C)C)c1NC(=O)C(=O)NC(C)C12CC3CC(CC(C3)C1)C2. The van der Waals surface area contributed by atoms with Gasteiger partial charge in [0.25, 0.3) is 0 Å². The number of para-hydroxylation sites is 1. The van der Waals surface area contributed by atoms with Gasteiger partial charge in [0.1, 0.15) is 0 Å². The summed E-state index contributed by atoms with van der Waals surface area (Å²) in [7, 11) is 0. The van der Waals surface area contributed by atoms with E-state index in [4.69, 9.17) is 0 Å². The molecule has 4 saturated carbocycles. The quantitative estimate of drug-likeness (QED) is 0.737. The van der Waals surface area contributed by atoms with E-state index in [9.17, 15) is 9.59 Å². The standard InChI is InChI=1S/C24H34N2O2/c1-14(2)20-7-5-6-15(3)21(20)26-23(28)22(27)25-16(4)24-11-17-8-18(12-24)10-19(9-17)13-24/h5-7,14,16-19H,8-13H2,1-4H3,(H,25,27)(H,26,28). The van der Waals surface area contributed by atoms with Crippen molar-refractivity contribution in [2.45, 2.75) is 78.2 Å². The molecule has 28 heavy (non-hydrogen) atoms. The van der Waals surface area contributed by atoms with Gasteiger partial charge >= 0.3 is 11.8 Å². The van der Waals surface area contributed by atoms with Gasteiger partial charge in [-0.3, -0.25) is 9.59 Å². The molecule has 4 aliphatic rings. The van der Waals surface area contributed by atoms with Crippen LogP contribution in [-0.2, 0) is 9.59 Å². The molecule has 152 valence electrons. The first-order valence-electron chi connectivity index (χ1n) is 11.0. The van der Waals surface area contributed by atoms with E-state index in [-0.39, 0.29) is 17.4 Å². The molecular formula is C24H34N2O2. The molecule has 4 fully saturated rings. The zero-order valence-electron chi connectivity index (χ0n) is 17.7. The van der Waals surface area contributed by atoms with Crippen LogP contribution in [-0.4, -0.2) is 17.9 Å². The molecule has 0 heterocycles. The predicted octanol–water partition coefficient (Wildman–Crippen LogP) is 4.78. The van der Waals surface area contributed by atoms with Gasteiger partial charge in [-0.05, 0) is 92.6 Å². The second kappa shape index (κ2) is 7.20. The molecule has 0 aliphatic heterocycles. The third-order valence-electron chi connectivity index (χ3n) is 7.72. The average Bonchev–Trinajstić information content (AvgIpc) is 2.61. The maximum absolute atomic E-state index is 12.7. The van der Waals surface area contributed by atoms with Gasteiger partial charge in [-0.25, -0.2) is 0 Å². The summed E-state index contributed by atoms with van der Waals surface area (Å²) in [5.41, 5.74) is 3.04. The highest BCUT2D eigenvalue weighted by Gasteiger charge is 2.53. The van der Waals surface area contributed by atoms with Crippen LogP contribution in [0.5, 0.6) is 0 Å². The summed E-state index contributed by atoms with van der Waals surface area (Å²) in [4.78, 5) is 25.4. The minimum absolute atomic E-state index is 0.0561. The number of amides is 2. The maximum atomic E-state index is 12.7. The van der Waals surface area contributed by atoms with Crippen LogP contribution in [0.15, 0.2) is 18.2 Å². The molecule has 5 rings (SSSR count). The number of aryl methyl sites for hydroxylation is 1. The maximum Gasteiger partial charge on any atom is 0.313 e. The molecule has 0 radical (unpaired) electrons.